The first-order chi connectivity index (χ1) is 6.68. The van der Waals surface area contributed by atoms with Gasteiger partial charge in [0.1, 0.15) is 0 Å². The molecule has 2 unspecified atom stereocenters. The molecule has 0 radical (unpaired) electrons. The average molecular weight is 215 g/mol. The van der Waals surface area contributed by atoms with Crippen LogP contribution in [0.1, 0.15) is 13.3 Å². The van der Waals surface area contributed by atoms with Crippen molar-refractivity contribution in [2.24, 2.45) is 5.73 Å². The van der Waals surface area contributed by atoms with Crippen molar-refractivity contribution in [1.82, 2.24) is 9.78 Å². The van der Waals surface area contributed by atoms with Gasteiger partial charge in [-0.05, 0) is 19.4 Å². The molecule has 80 valence electrons. The second-order valence-corrected chi connectivity index (χ2v) is 5.08. The predicted molar refractivity (Wildman–Crippen MR) is 58.4 cm³/mol. The minimum atomic E-state index is -0.766. The highest BCUT2D eigenvalue weighted by atomic mass is 32.2. The van der Waals surface area contributed by atoms with Crippen molar-refractivity contribution in [3.8, 4) is 0 Å². The van der Waals surface area contributed by atoms with Crippen LogP contribution in [-0.2, 0) is 17.3 Å². The summed E-state index contributed by atoms with van der Waals surface area (Å²) in [5.74, 6) is 1.35. The smallest absolute Gasteiger partial charge is 0.0524 e. The van der Waals surface area contributed by atoms with Crippen molar-refractivity contribution < 1.29 is 4.21 Å². The van der Waals surface area contributed by atoms with Crippen LogP contribution in [-0.4, -0.2) is 31.5 Å². The number of aryl methyl sites for hydroxylation is 1. The van der Waals surface area contributed by atoms with Crippen LogP contribution < -0.4 is 5.73 Å². The minimum absolute atomic E-state index is 0.142. The van der Waals surface area contributed by atoms with Crippen LogP contribution in [0.2, 0.25) is 0 Å². The van der Waals surface area contributed by atoms with Gasteiger partial charge in [0.15, 0.2) is 0 Å². The first kappa shape index (κ1) is 11.4. The Morgan fingerprint density at radius 1 is 1.57 bits per heavy atom. The molecule has 14 heavy (non-hydrogen) atoms. The number of nitrogens with zero attached hydrogens (tertiary/aromatic N) is 2. The monoisotopic (exact) mass is 215 g/mol. The lowest BCUT2D eigenvalue weighted by atomic mass is 10.3. The van der Waals surface area contributed by atoms with Crippen LogP contribution >= 0.6 is 0 Å². The zero-order valence-corrected chi connectivity index (χ0v) is 9.24. The van der Waals surface area contributed by atoms with Crippen molar-refractivity contribution in [1.29, 1.82) is 0 Å². The molecule has 0 fully saturated rings. The Morgan fingerprint density at radius 3 is 2.93 bits per heavy atom. The second kappa shape index (κ2) is 5.93. The topological polar surface area (TPSA) is 60.9 Å². The summed E-state index contributed by atoms with van der Waals surface area (Å²) in [6.07, 6.45) is 4.43. The summed E-state index contributed by atoms with van der Waals surface area (Å²) in [5, 5.41) is 4.04. The van der Waals surface area contributed by atoms with Crippen molar-refractivity contribution in [2.75, 3.05) is 11.5 Å². The highest BCUT2D eigenvalue weighted by Crippen LogP contribution is 1.93. The Morgan fingerprint density at radius 2 is 2.36 bits per heavy atom. The van der Waals surface area contributed by atoms with Gasteiger partial charge in [-0.1, -0.05) is 0 Å². The van der Waals surface area contributed by atoms with E-state index in [9.17, 15) is 4.21 Å². The van der Waals surface area contributed by atoms with Gasteiger partial charge in [0, 0.05) is 40.7 Å². The van der Waals surface area contributed by atoms with Crippen LogP contribution in [0.4, 0.5) is 0 Å². The van der Waals surface area contributed by atoms with Gasteiger partial charge >= 0.3 is 0 Å². The molecule has 0 saturated heterocycles. The maximum absolute atomic E-state index is 11.5. The maximum atomic E-state index is 11.5. The summed E-state index contributed by atoms with van der Waals surface area (Å²) in [6.45, 7) is 2.66. The van der Waals surface area contributed by atoms with Crippen molar-refractivity contribution in [3.63, 3.8) is 0 Å². The van der Waals surface area contributed by atoms with E-state index in [1.807, 2.05) is 19.2 Å². The Bertz CT molecular complexity index is 272. The molecule has 5 heteroatoms. The lowest BCUT2D eigenvalue weighted by Gasteiger charge is -2.05. The number of aromatic nitrogens is 2. The zero-order chi connectivity index (χ0) is 10.4. The van der Waals surface area contributed by atoms with Gasteiger partial charge in [-0.15, -0.1) is 0 Å². The quantitative estimate of drug-likeness (QED) is 0.745. The highest BCUT2D eigenvalue weighted by molar-refractivity contribution is 7.84. The van der Waals surface area contributed by atoms with Crippen LogP contribution in [0.15, 0.2) is 18.5 Å². The number of hydrogen-bond acceptors (Lipinski definition) is 3. The Kier molecular flexibility index (Phi) is 4.82. The second-order valence-electron chi connectivity index (χ2n) is 3.38. The molecule has 2 atom stereocenters. The van der Waals surface area contributed by atoms with Gasteiger partial charge in [-0.3, -0.25) is 8.89 Å². The first-order valence-electron chi connectivity index (χ1n) is 4.76. The highest BCUT2D eigenvalue weighted by Gasteiger charge is 2.02. The molecule has 0 aliphatic carbocycles. The Hall–Kier alpha value is -0.680. The Balaban J connectivity index is 2.15. The fraction of sp³-hybridized carbons (Fsp3) is 0.667. The molecule has 0 aliphatic heterocycles. The van der Waals surface area contributed by atoms with E-state index in [1.165, 1.54) is 0 Å². The molecular formula is C9H17N3OS. The first-order valence-corrected chi connectivity index (χ1v) is 6.25. The van der Waals surface area contributed by atoms with E-state index in [0.29, 0.717) is 11.5 Å². The Labute approximate surface area is 86.9 Å². The van der Waals surface area contributed by atoms with E-state index in [4.69, 9.17) is 5.73 Å². The molecule has 2 N–H and O–H groups in total. The van der Waals surface area contributed by atoms with E-state index in [2.05, 4.69) is 5.10 Å². The average Bonchev–Trinajstić information content (AvgIpc) is 2.63. The molecule has 1 rings (SSSR count). The molecule has 1 aromatic rings. The van der Waals surface area contributed by atoms with Gasteiger partial charge in [0.2, 0.25) is 0 Å². The van der Waals surface area contributed by atoms with Gasteiger partial charge in [-0.25, -0.2) is 0 Å². The minimum Gasteiger partial charge on any atom is -0.328 e. The largest absolute Gasteiger partial charge is 0.328 e. The third-order valence-electron chi connectivity index (χ3n) is 1.91. The molecule has 0 aliphatic rings. The van der Waals surface area contributed by atoms with Gasteiger partial charge in [0.25, 0.3) is 0 Å². The third-order valence-corrected chi connectivity index (χ3v) is 3.24. The van der Waals surface area contributed by atoms with Crippen molar-refractivity contribution >= 4 is 10.8 Å². The SMILES string of the molecule is CC(N)CCS(=O)CCn1cccn1. The maximum Gasteiger partial charge on any atom is 0.0524 e. The number of hydrogen-bond donors (Lipinski definition) is 1. The molecule has 1 aromatic heterocycles. The van der Waals surface area contributed by atoms with E-state index in [1.54, 1.807) is 10.9 Å². The van der Waals surface area contributed by atoms with Crippen molar-refractivity contribution in [2.45, 2.75) is 25.9 Å². The summed E-state index contributed by atoms with van der Waals surface area (Å²) in [4.78, 5) is 0. The molecule has 0 aromatic carbocycles. The van der Waals surface area contributed by atoms with Crippen LogP contribution in [0, 0.1) is 0 Å². The molecule has 4 nitrogen and oxygen atoms in total. The lowest BCUT2D eigenvalue weighted by molar-refractivity contribution is 0.638. The molecule has 1 heterocycles. The number of nitrogens with two attached hydrogens (primary N) is 1. The fourth-order valence-corrected chi connectivity index (χ4v) is 2.28. The summed E-state index contributed by atoms with van der Waals surface area (Å²) in [7, 11) is -0.766. The van der Waals surface area contributed by atoms with Crippen molar-refractivity contribution in [3.05, 3.63) is 18.5 Å². The van der Waals surface area contributed by atoms with E-state index in [-0.39, 0.29) is 6.04 Å². The van der Waals surface area contributed by atoms with Crippen LogP contribution in [0.3, 0.4) is 0 Å². The van der Waals surface area contributed by atoms with Gasteiger partial charge < -0.3 is 5.73 Å². The zero-order valence-electron chi connectivity index (χ0n) is 8.43. The number of rotatable bonds is 6. The molecule has 0 amide bonds. The van der Waals surface area contributed by atoms with Crippen LogP contribution in [0.25, 0.3) is 0 Å². The van der Waals surface area contributed by atoms with Gasteiger partial charge in [0.05, 0.1) is 6.54 Å². The summed E-state index contributed by atoms with van der Waals surface area (Å²) in [6, 6.07) is 2.01. The van der Waals surface area contributed by atoms with Crippen LogP contribution in [0.5, 0.6) is 0 Å². The standard InChI is InChI=1S/C9H17N3OS/c1-9(10)3-7-14(13)8-6-12-5-2-4-11-12/h2,4-5,9H,3,6-8,10H2,1H3. The summed E-state index contributed by atoms with van der Waals surface area (Å²) < 4.78 is 13.3. The lowest BCUT2D eigenvalue weighted by Crippen LogP contribution is -2.19. The molecular weight excluding hydrogens is 198 g/mol. The predicted octanol–water partition coefficient (Wildman–Crippen LogP) is 0.369. The summed E-state index contributed by atoms with van der Waals surface area (Å²) >= 11 is 0. The molecule has 0 bridgehead atoms. The van der Waals surface area contributed by atoms with Gasteiger partial charge in [-0.2, -0.15) is 5.10 Å². The normalized spacial score (nSPS) is 15.3. The van der Waals surface area contributed by atoms with E-state index < -0.39 is 10.8 Å². The molecule has 0 saturated carbocycles. The van der Waals surface area contributed by atoms with E-state index >= 15 is 0 Å². The molecule has 0 spiro atoms. The summed E-state index contributed by atoms with van der Waals surface area (Å²) in [5.41, 5.74) is 5.58. The fourth-order valence-electron chi connectivity index (χ4n) is 1.05. The third kappa shape index (κ3) is 4.53. The van der Waals surface area contributed by atoms with E-state index in [0.717, 1.165) is 13.0 Å².